The highest BCUT2D eigenvalue weighted by Crippen LogP contribution is 2.04. The van der Waals surface area contributed by atoms with Crippen LogP contribution in [0.5, 0.6) is 0 Å². The van der Waals surface area contributed by atoms with Crippen LogP contribution in [0.15, 0.2) is 24.3 Å². The van der Waals surface area contributed by atoms with Gasteiger partial charge in [-0.05, 0) is 30.8 Å². The number of benzene rings is 1. The van der Waals surface area contributed by atoms with Crippen LogP contribution in [0.3, 0.4) is 0 Å². The van der Waals surface area contributed by atoms with Crippen molar-refractivity contribution in [2.24, 2.45) is 5.73 Å². The third-order valence-corrected chi connectivity index (χ3v) is 1.49. The molecule has 4 heteroatoms. The quantitative estimate of drug-likeness (QED) is 0.626. The van der Waals surface area contributed by atoms with Crippen LogP contribution in [0.2, 0.25) is 0 Å². The Morgan fingerprint density at radius 1 is 1.20 bits per heavy atom. The molecule has 0 radical (unpaired) electrons. The predicted molar refractivity (Wildman–Crippen MR) is 63.5 cm³/mol. The van der Waals surface area contributed by atoms with Gasteiger partial charge in [-0.15, -0.1) is 0 Å². The van der Waals surface area contributed by atoms with Gasteiger partial charge in [0.25, 0.3) is 5.24 Å². The van der Waals surface area contributed by atoms with Crippen molar-refractivity contribution >= 4 is 23.1 Å². The lowest BCUT2D eigenvalue weighted by Gasteiger charge is -1.91. The van der Waals surface area contributed by atoms with E-state index in [0.29, 0.717) is 17.4 Å². The summed E-state index contributed by atoms with van der Waals surface area (Å²) in [5.74, 6) is 0. The van der Waals surface area contributed by atoms with Gasteiger partial charge in [0.05, 0.1) is 0 Å². The van der Waals surface area contributed by atoms with E-state index < -0.39 is 5.24 Å². The molecule has 2 N–H and O–H groups in total. The molecule has 0 unspecified atom stereocenters. The Labute approximate surface area is 95.2 Å². The lowest BCUT2D eigenvalue weighted by Crippen LogP contribution is -1.88. The maximum atomic E-state index is 10.5. The smallest absolute Gasteiger partial charge is 0.252 e. The van der Waals surface area contributed by atoms with Gasteiger partial charge in [0.15, 0.2) is 0 Å². The fraction of sp³-hybridized carbons (Fsp3) is 0.273. The molecule has 3 nitrogen and oxygen atoms in total. The highest BCUT2D eigenvalue weighted by Gasteiger charge is 1.99. The molecule has 0 fully saturated rings. The van der Waals surface area contributed by atoms with Crippen LogP contribution in [0.1, 0.15) is 34.6 Å². The molecule has 0 aliphatic rings. The van der Waals surface area contributed by atoms with E-state index in [0.717, 1.165) is 0 Å². The van der Waals surface area contributed by atoms with E-state index >= 15 is 0 Å². The summed E-state index contributed by atoms with van der Waals surface area (Å²) in [6.45, 7) is 4.00. The Morgan fingerprint density at radius 2 is 1.60 bits per heavy atom. The van der Waals surface area contributed by atoms with Crippen LogP contribution < -0.4 is 5.73 Å². The number of carbonyl (C=O) groups is 2. The number of hydrogen-bond acceptors (Lipinski definition) is 3. The predicted octanol–water partition coefficient (Wildman–Crippen LogP) is 2.48. The summed E-state index contributed by atoms with van der Waals surface area (Å²) >= 11 is 5.17. The third-order valence-electron chi connectivity index (χ3n) is 1.27. The zero-order valence-corrected chi connectivity index (χ0v) is 9.91. The number of aldehydes is 1. The zero-order chi connectivity index (χ0) is 12.3. The van der Waals surface area contributed by atoms with Crippen LogP contribution in [-0.2, 0) is 0 Å². The normalized spacial score (nSPS) is 7.53. The minimum absolute atomic E-state index is 0.400. The molecule has 0 saturated heterocycles. The Hall–Kier alpha value is -1.19. The fourth-order valence-electron chi connectivity index (χ4n) is 0.693. The van der Waals surface area contributed by atoms with Crippen LogP contribution in [-0.4, -0.2) is 18.6 Å². The summed E-state index contributed by atoms with van der Waals surface area (Å²) in [6, 6.07) is 6.11. The minimum atomic E-state index is -0.512. The Morgan fingerprint density at radius 3 is 1.87 bits per heavy atom. The van der Waals surface area contributed by atoms with Gasteiger partial charge in [-0.1, -0.05) is 26.0 Å². The van der Waals surface area contributed by atoms with Crippen LogP contribution >= 0.6 is 11.6 Å². The van der Waals surface area contributed by atoms with E-state index in [2.05, 4.69) is 5.73 Å². The number of rotatable bonds is 2. The lowest BCUT2D eigenvalue weighted by atomic mass is 10.2. The minimum Gasteiger partial charge on any atom is -0.333 e. The van der Waals surface area contributed by atoms with Crippen LogP contribution in [0.25, 0.3) is 0 Å². The van der Waals surface area contributed by atoms with Gasteiger partial charge < -0.3 is 5.73 Å². The molecule has 1 rings (SSSR count). The molecule has 15 heavy (non-hydrogen) atoms. The van der Waals surface area contributed by atoms with Gasteiger partial charge in [-0.3, -0.25) is 9.59 Å². The van der Waals surface area contributed by atoms with E-state index in [1.807, 2.05) is 13.8 Å². The van der Waals surface area contributed by atoms with E-state index in [1.54, 1.807) is 12.1 Å². The molecule has 0 bridgehead atoms. The first-order valence-corrected chi connectivity index (χ1v) is 4.94. The standard InChI is InChI=1S/C8H5ClO2.C2H6.CH5N/c9-8(11)7-3-1-6(5-10)2-4-7;2*1-2/h1-5H;1-2H3;2H2,1H3. The van der Waals surface area contributed by atoms with Crippen LogP contribution in [0.4, 0.5) is 0 Å². The molecular formula is C11H16ClNO2. The molecule has 84 valence electrons. The molecule has 0 spiro atoms. The van der Waals surface area contributed by atoms with Gasteiger partial charge in [0, 0.05) is 11.1 Å². The SMILES string of the molecule is CC.CN.O=Cc1ccc(C(=O)Cl)cc1. The molecule has 0 amide bonds. The summed E-state index contributed by atoms with van der Waals surface area (Å²) in [4.78, 5) is 20.7. The first kappa shape index (κ1) is 16.2. The summed E-state index contributed by atoms with van der Waals surface area (Å²) < 4.78 is 0. The first-order valence-electron chi connectivity index (χ1n) is 4.57. The summed E-state index contributed by atoms with van der Waals surface area (Å²) in [7, 11) is 1.50. The van der Waals surface area contributed by atoms with Gasteiger partial charge in [0.1, 0.15) is 6.29 Å². The molecule has 0 aliphatic carbocycles. The Bertz CT molecular complexity index is 283. The van der Waals surface area contributed by atoms with Gasteiger partial charge in [-0.2, -0.15) is 0 Å². The second-order valence-electron chi connectivity index (χ2n) is 2.01. The number of nitrogens with two attached hydrogens (primary N) is 1. The monoisotopic (exact) mass is 229 g/mol. The van der Waals surface area contributed by atoms with Crippen LogP contribution in [0, 0.1) is 0 Å². The number of carbonyl (C=O) groups excluding carboxylic acids is 2. The first-order chi connectivity index (χ1) is 7.24. The maximum absolute atomic E-state index is 10.5. The molecule has 0 atom stereocenters. The van der Waals surface area contributed by atoms with E-state index in [4.69, 9.17) is 11.6 Å². The molecule has 0 heterocycles. The third kappa shape index (κ3) is 6.82. The molecule has 1 aromatic carbocycles. The Kier molecular flexibility index (Phi) is 11.8. The lowest BCUT2D eigenvalue weighted by molar-refractivity contribution is 0.107. The summed E-state index contributed by atoms with van der Waals surface area (Å²) in [5, 5.41) is -0.512. The van der Waals surface area contributed by atoms with Crippen molar-refractivity contribution < 1.29 is 9.59 Å². The topological polar surface area (TPSA) is 60.2 Å². The Balaban J connectivity index is 0. The van der Waals surface area contributed by atoms with Gasteiger partial charge in [0.2, 0.25) is 0 Å². The average molecular weight is 230 g/mol. The number of hydrogen-bond donors (Lipinski definition) is 1. The highest BCUT2D eigenvalue weighted by molar-refractivity contribution is 6.67. The van der Waals surface area contributed by atoms with Crippen molar-refractivity contribution in [2.75, 3.05) is 7.05 Å². The fourth-order valence-corrected chi connectivity index (χ4v) is 0.819. The molecule has 0 aliphatic heterocycles. The highest BCUT2D eigenvalue weighted by atomic mass is 35.5. The number of halogens is 1. The van der Waals surface area contributed by atoms with Crippen molar-refractivity contribution in [3.8, 4) is 0 Å². The molecule has 0 saturated carbocycles. The van der Waals surface area contributed by atoms with Crippen molar-refractivity contribution in [1.29, 1.82) is 0 Å². The van der Waals surface area contributed by atoms with Crippen molar-refractivity contribution in [1.82, 2.24) is 0 Å². The van der Waals surface area contributed by atoms with Crippen molar-refractivity contribution in [2.45, 2.75) is 13.8 Å². The maximum Gasteiger partial charge on any atom is 0.252 e. The van der Waals surface area contributed by atoms with Crippen molar-refractivity contribution in [3.63, 3.8) is 0 Å². The zero-order valence-electron chi connectivity index (χ0n) is 9.16. The average Bonchev–Trinajstić information content (AvgIpc) is 2.34. The largest absolute Gasteiger partial charge is 0.333 e. The van der Waals surface area contributed by atoms with Crippen molar-refractivity contribution in [3.05, 3.63) is 35.4 Å². The van der Waals surface area contributed by atoms with E-state index in [-0.39, 0.29) is 0 Å². The molecule has 0 aromatic heterocycles. The van der Waals surface area contributed by atoms with E-state index in [9.17, 15) is 9.59 Å². The summed E-state index contributed by atoms with van der Waals surface area (Å²) in [6.07, 6.45) is 0.711. The van der Waals surface area contributed by atoms with Gasteiger partial charge >= 0.3 is 0 Å². The second-order valence-corrected chi connectivity index (χ2v) is 2.36. The second kappa shape index (κ2) is 10.9. The van der Waals surface area contributed by atoms with Gasteiger partial charge in [-0.25, -0.2) is 0 Å². The summed E-state index contributed by atoms with van der Waals surface area (Å²) in [5.41, 5.74) is 5.43. The molecule has 1 aromatic rings. The van der Waals surface area contributed by atoms with E-state index in [1.165, 1.54) is 19.2 Å². The molecular weight excluding hydrogens is 214 g/mol.